The van der Waals surface area contributed by atoms with E-state index in [2.05, 4.69) is 31.4 Å². The number of aryl methyl sites for hydroxylation is 1. The molecule has 0 aliphatic heterocycles. The second-order valence-corrected chi connectivity index (χ2v) is 8.98. The van der Waals surface area contributed by atoms with Crippen LogP contribution in [0.15, 0.2) is 81.4 Å². The summed E-state index contributed by atoms with van der Waals surface area (Å²) in [4.78, 5) is 12.3. The van der Waals surface area contributed by atoms with Crippen LogP contribution in [-0.4, -0.2) is 31.0 Å². The Morgan fingerprint density at radius 1 is 1.12 bits per heavy atom. The van der Waals surface area contributed by atoms with Crippen LogP contribution in [0.25, 0.3) is 0 Å². The zero-order valence-electron chi connectivity index (χ0n) is 18.8. The van der Waals surface area contributed by atoms with Gasteiger partial charge in [-0.1, -0.05) is 60.3 Å². The van der Waals surface area contributed by atoms with E-state index in [1.807, 2.05) is 61.5 Å². The van der Waals surface area contributed by atoms with Crippen LogP contribution >= 0.6 is 27.7 Å². The minimum Gasteiger partial charge on any atom is -0.493 e. The number of nitrogens with zero attached hydrogens (tertiary/aromatic N) is 2. The molecule has 0 aliphatic rings. The second-order valence-electron chi connectivity index (χ2n) is 7.13. The molecule has 0 unspecified atom stereocenters. The van der Waals surface area contributed by atoms with Crippen molar-refractivity contribution in [2.24, 2.45) is 15.9 Å². The fourth-order valence-corrected chi connectivity index (χ4v) is 3.91. The lowest BCUT2D eigenvalue weighted by molar-refractivity contribution is -0.118. The summed E-state index contributed by atoms with van der Waals surface area (Å²) in [7, 11) is 1.53. The molecule has 0 atom stereocenters. The number of rotatable bonds is 9. The van der Waals surface area contributed by atoms with Crippen molar-refractivity contribution in [3.8, 4) is 11.5 Å². The van der Waals surface area contributed by atoms with Crippen molar-refractivity contribution < 1.29 is 14.3 Å². The van der Waals surface area contributed by atoms with Gasteiger partial charge in [0.2, 0.25) is 0 Å². The molecule has 0 aliphatic carbocycles. The summed E-state index contributed by atoms with van der Waals surface area (Å²) in [6.45, 7) is 1.76. The van der Waals surface area contributed by atoms with Crippen molar-refractivity contribution in [1.29, 1.82) is 0 Å². The minimum absolute atomic E-state index is 0.163. The maximum Gasteiger partial charge on any atom is 0.262 e. The maximum atomic E-state index is 12.3. The largest absolute Gasteiger partial charge is 0.493 e. The highest BCUT2D eigenvalue weighted by atomic mass is 79.9. The lowest BCUT2D eigenvalue weighted by Crippen LogP contribution is -2.20. The van der Waals surface area contributed by atoms with E-state index in [-0.39, 0.29) is 12.5 Å². The van der Waals surface area contributed by atoms with Gasteiger partial charge in [-0.25, -0.2) is 0 Å². The van der Waals surface area contributed by atoms with Gasteiger partial charge in [0.15, 0.2) is 23.3 Å². The average Bonchev–Trinajstić information content (AvgIpc) is 2.84. The Kier molecular flexibility index (Phi) is 9.54. The summed E-state index contributed by atoms with van der Waals surface area (Å²) in [5.74, 6) is 1.33. The number of nitrogens with two attached hydrogens (primary N) is 1. The summed E-state index contributed by atoms with van der Waals surface area (Å²) in [5.41, 5.74) is 9.54. The summed E-state index contributed by atoms with van der Waals surface area (Å²) in [6.07, 6.45) is 1.57. The maximum absolute atomic E-state index is 12.3. The number of carbonyl (C=O) groups is 1. The number of hydrogen-bond donors (Lipinski definition) is 2. The Hall–Kier alpha value is -3.30. The molecule has 34 heavy (non-hydrogen) atoms. The number of anilines is 1. The summed E-state index contributed by atoms with van der Waals surface area (Å²) >= 11 is 4.91. The lowest BCUT2D eigenvalue weighted by atomic mass is 10.2. The van der Waals surface area contributed by atoms with E-state index in [1.165, 1.54) is 18.9 Å². The number of carbonyl (C=O) groups excluding carboxylic acids is 1. The first-order valence-electron chi connectivity index (χ1n) is 10.4. The molecule has 0 spiro atoms. The Bertz CT molecular complexity index is 1190. The third kappa shape index (κ3) is 7.64. The Morgan fingerprint density at radius 2 is 1.85 bits per heavy atom. The Labute approximate surface area is 211 Å². The van der Waals surface area contributed by atoms with Crippen LogP contribution < -0.4 is 20.5 Å². The van der Waals surface area contributed by atoms with Gasteiger partial charge in [-0.05, 0) is 52.2 Å². The molecule has 7 nitrogen and oxygen atoms in total. The molecule has 3 aromatic carbocycles. The fourth-order valence-electron chi connectivity index (χ4n) is 2.87. The molecule has 0 radical (unpaired) electrons. The van der Waals surface area contributed by atoms with E-state index >= 15 is 0 Å². The van der Waals surface area contributed by atoms with Crippen LogP contribution in [0.4, 0.5) is 5.69 Å². The standard InChI is InChI=1S/C25H25BrN4O3S/c1-17-8-6-7-11-21(17)29-24(31)15-33-23-13-20(26)19(12-22(23)32-2)14-28-30-25(27)34-16-18-9-4-3-5-10-18/h3-14H,15-16H2,1-2H3,(H2,27,30)(H,29,31). The first-order chi connectivity index (χ1) is 16.5. The van der Waals surface area contributed by atoms with Crippen LogP contribution in [0.2, 0.25) is 0 Å². The monoisotopic (exact) mass is 540 g/mol. The normalized spacial score (nSPS) is 11.4. The van der Waals surface area contributed by atoms with Crippen LogP contribution in [-0.2, 0) is 10.5 Å². The van der Waals surface area contributed by atoms with Gasteiger partial charge in [-0.15, -0.1) is 5.10 Å². The number of amidine groups is 1. The van der Waals surface area contributed by atoms with Gasteiger partial charge in [0.05, 0.1) is 13.3 Å². The van der Waals surface area contributed by atoms with Crippen molar-refractivity contribution in [3.63, 3.8) is 0 Å². The van der Waals surface area contributed by atoms with E-state index in [0.29, 0.717) is 26.9 Å². The third-order valence-electron chi connectivity index (χ3n) is 4.64. The van der Waals surface area contributed by atoms with Crippen molar-refractivity contribution in [1.82, 2.24) is 0 Å². The SMILES string of the molecule is COc1cc(C=NN=C(N)SCc2ccccc2)c(Br)cc1OCC(=O)Nc1ccccc1C. The van der Waals surface area contributed by atoms with Crippen LogP contribution in [0, 0.1) is 6.92 Å². The first kappa shape index (κ1) is 25.3. The van der Waals surface area contributed by atoms with E-state index in [9.17, 15) is 4.79 Å². The van der Waals surface area contributed by atoms with Crippen molar-refractivity contribution in [3.05, 3.63) is 87.9 Å². The van der Waals surface area contributed by atoms with E-state index in [0.717, 1.165) is 22.4 Å². The van der Waals surface area contributed by atoms with Gasteiger partial charge in [0.1, 0.15) is 0 Å². The molecule has 1 amide bonds. The molecule has 176 valence electrons. The second kappa shape index (κ2) is 12.8. The molecule has 0 fully saturated rings. The van der Waals surface area contributed by atoms with Crippen molar-refractivity contribution >= 4 is 50.7 Å². The molecule has 0 bridgehead atoms. The molecule has 0 aromatic heterocycles. The highest BCUT2D eigenvalue weighted by Gasteiger charge is 2.12. The predicted octanol–water partition coefficient (Wildman–Crippen LogP) is 5.37. The van der Waals surface area contributed by atoms with Gasteiger partial charge in [-0.3, -0.25) is 4.79 Å². The molecular formula is C25H25BrN4O3S. The van der Waals surface area contributed by atoms with Crippen molar-refractivity contribution in [2.75, 3.05) is 19.0 Å². The molecule has 0 heterocycles. The zero-order valence-corrected chi connectivity index (χ0v) is 21.2. The summed E-state index contributed by atoms with van der Waals surface area (Å²) in [6, 6.07) is 21.0. The number of halogens is 1. The average molecular weight is 541 g/mol. The first-order valence-corrected chi connectivity index (χ1v) is 12.1. The van der Waals surface area contributed by atoms with Crippen LogP contribution in [0.3, 0.4) is 0 Å². The van der Waals surface area contributed by atoms with E-state index < -0.39 is 0 Å². The van der Waals surface area contributed by atoms with Gasteiger partial charge in [-0.2, -0.15) is 5.10 Å². The molecule has 9 heteroatoms. The number of benzene rings is 3. The lowest BCUT2D eigenvalue weighted by Gasteiger charge is -2.13. The van der Waals surface area contributed by atoms with E-state index in [1.54, 1.807) is 18.3 Å². The van der Waals surface area contributed by atoms with Crippen LogP contribution in [0.1, 0.15) is 16.7 Å². The van der Waals surface area contributed by atoms with Gasteiger partial charge >= 0.3 is 0 Å². The smallest absolute Gasteiger partial charge is 0.262 e. The van der Waals surface area contributed by atoms with Gasteiger partial charge < -0.3 is 20.5 Å². The predicted molar refractivity (Wildman–Crippen MR) is 143 cm³/mol. The molecule has 3 aromatic rings. The Balaban J connectivity index is 1.60. The van der Waals surface area contributed by atoms with Gasteiger partial charge in [0.25, 0.3) is 5.91 Å². The number of ether oxygens (including phenoxy) is 2. The summed E-state index contributed by atoms with van der Waals surface area (Å²) < 4.78 is 11.8. The zero-order chi connectivity index (χ0) is 24.3. The molecule has 0 saturated carbocycles. The van der Waals surface area contributed by atoms with Crippen molar-refractivity contribution in [2.45, 2.75) is 12.7 Å². The molecular weight excluding hydrogens is 516 g/mol. The molecule has 3 N–H and O–H groups in total. The van der Waals surface area contributed by atoms with Gasteiger partial charge in [0, 0.05) is 21.5 Å². The Morgan fingerprint density at radius 3 is 2.59 bits per heavy atom. The third-order valence-corrected chi connectivity index (χ3v) is 6.19. The number of hydrogen-bond acceptors (Lipinski definition) is 6. The summed E-state index contributed by atoms with van der Waals surface area (Å²) in [5, 5.41) is 11.3. The molecule has 3 rings (SSSR count). The topological polar surface area (TPSA) is 98.3 Å². The number of thioether (sulfide) groups is 1. The number of amides is 1. The number of para-hydroxylation sites is 1. The highest BCUT2D eigenvalue weighted by molar-refractivity contribution is 9.10. The van der Waals surface area contributed by atoms with Crippen LogP contribution in [0.5, 0.6) is 11.5 Å². The molecule has 0 saturated heterocycles. The fraction of sp³-hybridized carbons (Fsp3) is 0.160. The highest BCUT2D eigenvalue weighted by Crippen LogP contribution is 2.33. The number of methoxy groups -OCH3 is 1. The minimum atomic E-state index is -0.268. The quantitative estimate of drug-likeness (QED) is 0.216. The number of nitrogens with one attached hydrogen (secondary N) is 1. The van der Waals surface area contributed by atoms with E-state index in [4.69, 9.17) is 15.2 Å².